The van der Waals surface area contributed by atoms with Crippen molar-refractivity contribution < 1.29 is 24.2 Å². The van der Waals surface area contributed by atoms with Crippen molar-refractivity contribution in [3.8, 4) is 17.2 Å². The van der Waals surface area contributed by atoms with E-state index in [1.165, 1.54) is 0 Å². The number of nitriles is 1. The van der Waals surface area contributed by atoms with Crippen LogP contribution in [0.5, 0.6) is 0 Å². The van der Waals surface area contributed by atoms with E-state index in [4.69, 9.17) is 10.00 Å². The molecule has 0 saturated carbocycles. The molecule has 8 heteroatoms. The molecule has 0 bridgehead atoms. The van der Waals surface area contributed by atoms with Crippen LogP contribution in [0, 0.1) is 11.3 Å². The highest BCUT2D eigenvalue weighted by molar-refractivity contribution is 5.89. The average molecular weight is 464 g/mol. The minimum Gasteiger partial charge on any atom is -0.480 e. The Morgan fingerprint density at radius 1 is 1.00 bits per heavy atom. The number of nitrogens with one attached hydrogen (secondary N) is 2. The molecule has 0 aromatic heterocycles. The Morgan fingerprint density at radius 2 is 1.62 bits per heavy atom. The number of nitrogens with zero attached hydrogens (tertiary/aromatic N) is 1. The van der Waals surface area contributed by atoms with Crippen molar-refractivity contribution in [3.63, 3.8) is 0 Å². The van der Waals surface area contributed by atoms with Gasteiger partial charge in [-0.3, -0.25) is 4.79 Å². The van der Waals surface area contributed by atoms with Crippen LogP contribution in [0.4, 0.5) is 4.79 Å². The first kappa shape index (κ1) is 24.8. The number of hydrogen-bond donors (Lipinski definition) is 3. The van der Waals surface area contributed by atoms with Gasteiger partial charge in [0.1, 0.15) is 18.7 Å². The summed E-state index contributed by atoms with van der Waals surface area (Å²) in [5.41, 5.74) is 4.38. The molecule has 0 fully saturated rings. The molecule has 0 saturated heterocycles. The fraction of sp³-hybridized carbons (Fsp3) is 0.385. The molecule has 8 nitrogen and oxygen atoms in total. The Kier molecular flexibility index (Phi) is 8.63. The van der Waals surface area contributed by atoms with Crippen molar-refractivity contribution in [2.75, 3.05) is 6.61 Å². The number of rotatable bonds is 11. The summed E-state index contributed by atoms with van der Waals surface area (Å²) >= 11 is 0. The molecule has 1 aliphatic rings. The molecular weight excluding hydrogens is 434 g/mol. The Labute approximate surface area is 198 Å². The number of carbonyl (C=O) groups is 3. The summed E-state index contributed by atoms with van der Waals surface area (Å²) in [6, 6.07) is 16.0. The molecule has 178 valence electrons. The van der Waals surface area contributed by atoms with Gasteiger partial charge >= 0.3 is 12.1 Å². The quantitative estimate of drug-likeness (QED) is 0.433. The van der Waals surface area contributed by atoms with E-state index in [1.54, 1.807) is 6.92 Å². The fourth-order valence-electron chi connectivity index (χ4n) is 4.21. The number of unbranched alkanes of at least 4 members (excludes halogenated alkanes) is 2. The molecular formula is C26H29N3O5. The first-order chi connectivity index (χ1) is 16.5. The van der Waals surface area contributed by atoms with Gasteiger partial charge in [-0.05, 0) is 47.9 Å². The second-order valence-electron chi connectivity index (χ2n) is 8.23. The maximum absolute atomic E-state index is 12.7. The third-order valence-electron chi connectivity index (χ3n) is 6.01. The first-order valence-electron chi connectivity index (χ1n) is 11.5. The molecule has 34 heavy (non-hydrogen) atoms. The van der Waals surface area contributed by atoms with E-state index in [2.05, 4.69) is 10.6 Å². The summed E-state index contributed by atoms with van der Waals surface area (Å²) in [5.74, 6) is -1.84. The summed E-state index contributed by atoms with van der Waals surface area (Å²) in [6.45, 7) is 1.76. The third-order valence-corrected chi connectivity index (χ3v) is 6.01. The number of amides is 2. The Bertz CT molecular complexity index is 1030. The Morgan fingerprint density at radius 3 is 2.18 bits per heavy atom. The van der Waals surface area contributed by atoms with Gasteiger partial charge in [0, 0.05) is 12.3 Å². The highest BCUT2D eigenvalue weighted by Gasteiger charge is 2.30. The van der Waals surface area contributed by atoms with E-state index >= 15 is 0 Å². The molecule has 0 spiro atoms. The molecule has 2 aromatic carbocycles. The molecule has 0 heterocycles. The molecule has 0 aliphatic heterocycles. The van der Waals surface area contributed by atoms with Crippen LogP contribution in [0.2, 0.25) is 0 Å². The number of hydrogen-bond acceptors (Lipinski definition) is 5. The number of aliphatic carboxylic acids is 1. The minimum atomic E-state index is -1.14. The van der Waals surface area contributed by atoms with Crippen LogP contribution < -0.4 is 10.6 Å². The Balaban J connectivity index is 1.65. The lowest BCUT2D eigenvalue weighted by molar-refractivity contribution is -0.142. The van der Waals surface area contributed by atoms with Crippen molar-refractivity contribution in [1.82, 2.24) is 10.6 Å². The van der Waals surface area contributed by atoms with Gasteiger partial charge in [0.05, 0.1) is 6.07 Å². The van der Waals surface area contributed by atoms with Crippen molar-refractivity contribution in [2.45, 2.75) is 57.0 Å². The maximum Gasteiger partial charge on any atom is 0.407 e. The lowest BCUT2D eigenvalue weighted by Crippen LogP contribution is -2.51. The molecule has 2 atom stereocenters. The largest absolute Gasteiger partial charge is 0.480 e. The summed E-state index contributed by atoms with van der Waals surface area (Å²) in [5, 5.41) is 23.0. The standard InChI is InChI=1S/C26H29N3O5/c1-2-22(25(31)32)28-24(30)23(14-4-3-9-15-27)29-26(33)34-16-21-19-12-7-5-10-17(19)18-11-6-8-13-20(18)21/h5-8,10-13,21-23H,2-4,9,14,16H2,1H3,(H,28,30)(H,29,33)(H,31,32). The first-order valence-corrected chi connectivity index (χ1v) is 11.5. The summed E-state index contributed by atoms with van der Waals surface area (Å²) in [7, 11) is 0. The van der Waals surface area contributed by atoms with Crippen molar-refractivity contribution in [2.24, 2.45) is 0 Å². The van der Waals surface area contributed by atoms with Gasteiger partial charge in [-0.25, -0.2) is 9.59 Å². The van der Waals surface area contributed by atoms with Gasteiger partial charge in [-0.15, -0.1) is 0 Å². The van der Waals surface area contributed by atoms with Crippen LogP contribution in [0.3, 0.4) is 0 Å². The highest BCUT2D eigenvalue weighted by Crippen LogP contribution is 2.44. The van der Waals surface area contributed by atoms with Gasteiger partial charge < -0.3 is 20.5 Å². The normalized spacial score (nSPS) is 13.6. The summed E-state index contributed by atoms with van der Waals surface area (Å²) < 4.78 is 5.53. The molecule has 0 radical (unpaired) electrons. The van der Waals surface area contributed by atoms with Crippen molar-refractivity contribution >= 4 is 18.0 Å². The lowest BCUT2D eigenvalue weighted by atomic mass is 9.98. The van der Waals surface area contributed by atoms with Crippen molar-refractivity contribution in [3.05, 3.63) is 59.7 Å². The maximum atomic E-state index is 12.7. The predicted octanol–water partition coefficient (Wildman–Crippen LogP) is 3.96. The zero-order valence-electron chi connectivity index (χ0n) is 19.1. The van der Waals surface area contributed by atoms with Crippen LogP contribution in [0.25, 0.3) is 11.1 Å². The molecule has 1 aliphatic carbocycles. The van der Waals surface area contributed by atoms with Gasteiger partial charge in [0.2, 0.25) is 5.91 Å². The van der Waals surface area contributed by atoms with Gasteiger partial charge in [0.25, 0.3) is 0 Å². The third kappa shape index (κ3) is 5.93. The van der Waals surface area contributed by atoms with E-state index in [-0.39, 0.29) is 25.4 Å². The van der Waals surface area contributed by atoms with E-state index in [0.717, 1.165) is 22.3 Å². The topological polar surface area (TPSA) is 129 Å². The number of alkyl carbamates (subject to hydrolysis) is 1. The lowest BCUT2D eigenvalue weighted by Gasteiger charge is -2.21. The number of fused-ring (bicyclic) bond motifs is 3. The number of benzene rings is 2. The van der Waals surface area contributed by atoms with Crippen LogP contribution >= 0.6 is 0 Å². The second-order valence-corrected chi connectivity index (χ2v) is 8.23. The Hall–Kier alpha value is -3.86. The average Bonchev–Trinajstić information content (AvgIpc) is 3.16. The van der Waals surface area contributed by atoms with Gasteiger partial charge in [0.15, 0.2) is 0 Å². The van der Waals surface area contributed by atoms with Gasteiger partial charge in [-0.2, -0.15) is 5.26 Å². The molecule has 3 N–H and O–H groups in total. The molecule has 2 aromatic rings. The van der Waals surface area contributed by atoms with Crippen LogP contribution in [0.1, 0.15) is 56.1 Å². The van der Waals surface area contributed by atoms with Crippen LogP contribution in [-0.2, 0) is 14.3 Å². The fourth-order valence-corrected chi connectivity index (χ4v) is 4.21. The monoisotopic (exact) mass is 463 g/mol. The predicted molar refractivity (Wildman–Crippen MR) is 126 cm³/mol. The smallest absolute Gasteiger partial charge is 0.407 e. The number of carboxylic acids is 1. The minimum absolute atomic E-state index is 0.106. The van der Waals surface area contributed by atoms with Gasteiger partial charge in [-0.1, -0.05) is 55.5 Å². The highest BCUT2D eigenvalue weighted by atomic mass is 16.5. The van der Waals surface area contributed by atoms with E-state index in [0.29, 0.717) is 19.3 Å². The summed E-state index contributed by atoms with van der Waals surface area (Å²) in [6.07, 6.45) is 1.18. The van der Waals surface area contributed by atoms with E-state index in [9.17, 15) is 19.5 Å². The molecule has 3 rings (SSSR count). The number of carboxylic acid groups (broad SMARTS) is 1. The zero-order chi connectivity index (χ0) is 24.5. The van der Waals surface area contributed by atoms with Crippen molar-refractivity contribution in [1.29, 1.82) is 5.26 Å². The van der Waals surface area contributed by atoms with E-state index < -0.39 is 30.1 Å². The molecule has 2 amide bonds. The summed E-state index contributed by atoms with van der Waals surface area (Å²) in [4.78, 5) is 36.6. The molecule has 2 unspecified atom stereocenters. The van der Waals surface area contributed by atoms with Crippen LogP contribution in [0.15, 0.2) is 48.5 Å². The SMILES string of the molecule is CCC(NC(=O)C(CCCCC#N)NC(=O)OCC1c2ccccc2-c2ccccc21)C(=O)O. The number of carbonyl (C=O) groups excluding carboxylic acids is 2. The van der Waals surface area contributed by atoms with E-state index in [1.807, 2.05) is 54.6 Å². The zero-order valence-corrected chi connectivity index (χ0v) is 19.1. The number of ether oxygens (including phenoxy) is 1. The van der Waals surface area contributed by atoms with Crippen LogP contribution in [-0.4, -0.2) is 41.8 Å². The second kappa shape index (κ2) is 11.8.